The molecule has 0 spiro atoms. The molecule has 0 N–H and O–H groups in total. The Bertz CT molecular complexity index is 1140. The first-order valence-corrected chi connectivity index (χ1v) is 11.8. The van der Waals surface area contributed by atoms with E-state index in [2.05, 4.69) is 5.16 Å². The number of hydrogen-bond acceptors (Lipinski definition) is 6. The first-order valence-electron chi connectivity index (χ1n) is 11.8. The van der Waals surface area contributed by atoms with Crippen LogP contribution in [0.25, 0.3) is 11.3 Å². The van der Waals surface area contributed by atoms with Gasteiger partial charge >= 0.3 is 0 Å². The van der Waals surface area contributed by atoms with E-state index in [1.165, 1.54) is 36.4 Å². The van der Waals surface area contributed by atoms with E-state index >= 15 is 0 Å². The second kappa shape index (κ2) is 10.5. The maximum absolute atomic E-state index is 13.6. The van der Waals surface area contributed by atoms with Crippen LogP contribution in [0.5, 0.6) is 0 Å². The molecule has 7 nitrogen and oxygen atoms in total. The number of anilines is 1. The van der Waals surface area contributed by atoms with Crippen molar-refractivity contribution in [2.75, 3.05) is 44.4 Å². The molecule has 184 valence electrons. The van der Waals surface area contributed by atoms with E-state index in [1.54, 1.807) is 17.0 Å². The Morgan fingerprint density at radius 2 is 1.69 bits per heavy atom. The number of aromatic nitrogens is 1. The van der Waals surface area contributed by atoms with Crippen molar-refractivity contribution < 1.29 is 27.6 Å². The molecule has 1 aromatic heterocycles. The summed E-state index contributed by atoms with van der Waals surface area (Å²) < 4.78 is 44.2. The van der Waals surface area contributed by atoms with E-state index in [-0.39, 0.29) is 24.4 Å². The molecule has 3 heterocycles. The average Bonchev–Trinajstić information content (AvgIpc) is 3.55. The highest BCUT2D eigenvalue weighted by Crippen LogP contribution is 2.34. The van der Waals surface area contributed by atoms with Crippen molar-refractivity contribution in [3.8, 4) is 11.3 Å². The minimum Gasteiger partial charge on any atom is -0.378 e. The zero-order valence-electron chi connectivity index (χ0n) is 19.3. The monoisotopic (exact) mass is 483 g/mol. The fraction of sp³-hybridized carbons (Fsp3) is 0.385. The molecule has 2 saturated heterocycles. The van der Waals surface area contributed by atoms with Crippen molar-refractivity contribution in [1.82, 2.24) is 10.1 Å². The van der Waals surface area contributed by atoms with E-state index in [1.807, 2.05) is 4.90 Å². The second-order valence-corrected chi connectivity index (χ2v) is 8.75. The lowest BCUT2D eigenvalue weighted by Crippen LogP contribution is -2.39. The summed E-state index contributed by atoms with van der Waals surface area (Å²) in [4.78, 5) is 17.3. The predicted octanol–water partition coefficient (Wildman–Crippen LogP) is 4.28. The van der Waals surface area contributed by atoms with Gasteiger partial charge in [-0.05, 0) is 61.4 Å². The van der Waals surface area contributed by atoms with Gasteiger partial charge in [0.05, 0.1) is 31.4 Å². The molecule has 0 radical (unpaired) electrons. The molecule has 2 fully saturated rings. The van der Waals surface area contributed by atoms with Gasteiger partial charge in [-0.2, -0.15) is 0 Å². The highest BCUT2D eigenvalue weighted by molar-refractivity contribution is 5.94. The largest absolute Gasteiger partial charge is 0.378 e. The van der Waals surface area contributed by atoms with Crippen LogP contribution in [0.15, 0.2) is 53.1 Å². The van der Waals surface area contributed by atoms with Gasteiger partial charge in [0.2, 0.25) is 5.88 Å². The Morgan fingerprint density at radius 3 is 2.34 bits per heavy atom. The van der Waals surface area contributed by atoms with Gasteiger partial charge < -0.3 is 23.8 Å². The van der Waals surface area contributed by atoms with Crippen molar-refractivity contribution in [2.24, 2.45) is 0 Å². The zero-order chi connectivity index (χ0) is 24.2. The summed E-state index contributed by atoms with van der Waals surface area (Å²) >= 11 is 0. The smallest absolute Gasteiger partial charge is 0.254 e. The topological polar surface area (TPSA) is 68.0 Å². The first kappa shape index (κ1) is 23.4. The fourth-order valence-corrected chi connectivity index (χ4v) is 4.51. The Labute approximate surface area is 202 Å². The van der Waals surface area contributed by atoms with Crippen LogP contribution < -0.4 is 4.90 Å². The number of hydrogen-bond donors (Lipinski definition) is 0. The van der Waals surface area contributed by atoms with Crippen LogP contribution in [0.1, 0.15) is 28.8 Å². The molecule has 5 rings (SSSR count). The first-order chi connectivity index (χ1) is 17.1. The number of halogens is 2. The maximum Gasteiger partial charge on any atom is 0.254 e. The third kappa shape index (κ3) is 5.36. The van der Waals surface area contributed by atoms with E-state index in [9.17, 15) is 13.6 Å². The summed E-state index contributed by atoms with van der Waals surface area (Å²) in [7, 11) is 0. The van der Waals surface area contributed by atoms with Gasteiger partial charge in [-0.1, -0.05) is 5.16 Å². The molecule has 9 heteroatoms. The minimum atomic E-state index is -0.403. The second-order valence-electron chi connectivity index (χ2n) is 8.75. The lowest BCUT2D eigenvalue weighted by Gasteiger charge is -2.29. The number of ether oxygens (including phenoxy) is 2. The van der Waals surface area contributed by atoms with Crippen LogP contribution in [-0.2, 0) is 16.0 Å². The molecule has 0 aliphatic carbocycles. The summed E-state index contributed by atoms with van der Waals surface area (Å²) in [6.45, 7) is 3.62. The number of amides is 1. The number of carbonyl (C=O) groups is 1. The minimum absolute atomic E-state index is 0.0830. The quantitative estimate of drug-likeness (QED) is 0.500. The van der Waals surface area contributed by atoms with Gasteiger partial charge in [0.15, 0.2) is 0 Å². The van der Waals surface area contributed by atoms with Gasteiger partial charge in [0.1, 0.15) is 17.3 Å². The molecule has 2 aliphatic rings. The van der Waals surface area contributed by atoms with E-state index < -0.39 is 5.82 Å². The Kier molecular flexibility index (Phi) is 7.06. The molecule has 0 unspecified atom stereocenters. The molecule has 1 atom stereocenters. The maximum atomic E-state index is 13.6. The Morgan fingerprint density at radius 1 is 1.00 bits per heavy atom. The molecular weight excluding hydrogens is 456 g/mol. The van der Waals surface area contributed by atoms with Crippen molar-refractivity contribution in [3.05, 3.63) is 71.3 Å². The van der Waals surface area contributed by atoms with Crippen molar-refractivity contribution in [1.29, 1.82) is 0 Å². The Hall–Kier alpha value is -3.30. The third-order valence-electron chi connectivity index (χ3n) is 6.36. The number of rotatable bonds is 7. The molecular formula is C26H27F2N3O4. The normalized spacial score (nSPS) is 18.1. The number of carbonyl (C=O) groups excluding carboxylic acids is 1. The van der Waals surface area contributed by atoms with Crippen LogP contribution in [-0.4, -0.2) is 61.5 Å². The van der Waals surface area contributed by atoms with Crippen molar-refractivity contribution >= 4 is 11.8 Å². The molecule has 1 amide bonds. The van der Waals surface area contributed by atoms with Crippen LogP contribution in [0, 0.1) is 11.6 Å². The molecule has 35 heavy (non-hydrogen) atoms. The van der Waals surface area contributed by atoms with E-state index in [4.69, 9.17) is 14.0 Å². The fourth-order valence-electron chi connectivity index (χ4n) is 4.51. The molecule has 0 bridgehead atoms. The predicted molar refractivity (Wildman–Crippen MR) is 125 cm³/mol. The lowest BCUT2D eigenvalue weighted by atomic mass is 10.1. The summed E-state index contributed by atoms with van der Waals surface area (Å²) in [5.41, 5.74) is 2.36. The number of benzene rings is 2. The highest BCUT2D eigenvalue weighted by atomic mass is 19.1. The van der Waals surface area contributed by atoms with Gasteiger partial charge in [-0.15, -0.1) is 0 Å². The lowest BCUT2D eigenvalue weighted by molar-refractivity contribution is 0.0507. The molecule has 3 aromatic rings. The van der Waals surface area contributed by atoms with Crippen molar-refractivity contribution in [2.45, 2.75) is 25.5 Å². The number of nitrogens with zero attached hydrogens (tertiary/aromatic N) is 3. The van der Waals surface area contributed by atoms with E-state index in [0.717, 1.165) is 18.4 Å². The summed E-state index contributed by atoms with van der Waals surface area (Å²) in [6.07, 6.45) is 1.72. The Balaban J connectivity index is 1.52. The average molecular weight is 484 g/mol. The standard InChI is InChI=1S/C26H27F2N3O4/c27-20-7-3-18(4-8-20)24-23(26(35-29-24)30-11-14-33-15-12-30)17-31(16-22-2-1-13-34-22)25(32)19-5-9-21(28)10-6-19/h3-10,22H,1-2,11-17H2/t22-/m1/s1. The van der Waals surface area contributed by atoms with Crippen LogP contribution >= 0.6 is 0 Å². The van der Waals surface area contributed by atoms with Gasteiger partial charge in [0.25, 0.3) is 5.91 Å². The SMILES string of the molecule is O=C(c1ccc(F)cc1)N(Cc1c(-c2ccc(F)cc2)noc1N1CCOCC1)C[C@H]1CCCO1. The van der Waals surface area contributed by atoms with Crippen molar-refractivity contribution in [3.63, 3.8) is 0 Å². The summed E-state index contributed by atoms with van der Waals surface area (Å²) in [5, 5.41) is 4.32. The molecule has 2 aromatic carbocycles. The van der Waals surface area contributed by atoms with E-state index in [0.29, 0.717) is 62.2 Å². The zero-order valence-corrected chi connectivity index (χ0v) is 19.3. The van der Waals surface area contributed by atoms with Crippen LogP contribution in [0.4, 0.5) is 14.7 Å². The summed E-state index contributed by atoms with van der Waals surface area (Å²) in [5.74, 6) is -0.422. The third-order valence-corrected chi connectivity index (χ3v) is 6.36. The number of morpholine rings is 1. The molecule has 2 aliphatic heterocycles. The summed E-state index contributed by atoms with van der Waals surface area (Å²) in [6, 6.07) is 11.6. The van der Waals surface area contributed by atoms with Gasteiger partial charge in [-0.3, -0.25) is 4.79 Å². The molecule has 0 saturated carbocycles. The van der Waals surface area contributed by atoms with Crippen LogP contribution in [0.3, 0.4) is 0 Å². The highest BCUT2D eigenvalue weighted by Gasteiger charge is 2.30. The van der Waals surface area contributed by atoms with Gasteiger partial charge in [-0.25, -0.2) is 8.78 Å². The van der Waals surface area contributed by atoms with Gasteiger partial charge in [0, 0.05) is 37.4 Å². The van der Waals surface area contributed by atoms with Crippen LogP contribution in [0.2, 0.25) is 0 Å².